The maximum Gasteiger partial charge on any atom is 0.338 e. The second kappa shape index (κ2) is 7.41. The Morgan fingerprint density at radius 1 is 1.12 bits per heavy atom. The highest BCUT2D eigenvalue weighted by atomic mass is 35.5. The van der Waals surface area contributed by atoms with Crippen LogP contribution in [-0.2, 0) is 4.74 Å². The molecule has 2 heterocycles. The second-order valence-corrected chi connectivity index (χ2v) is 5.42. The predicted molar refractivity (Wildman–Crippen MR) is 102 cm³/mol. The summed E-state index contributed by atoms with van der Waals surface area (Å²) in [6, 6.07) is 14.7. The molecule has 4 aromatic rings. The van der Waals surface area contributed by atoms with Crippen molar-refractivity contribution in [3.05, 3.63) is 60.4 Å². The molecule has 4 rings (SSSR count). The third-order valence-electron chi connectivity index (χ3n) is 3.82. The Morgan fingerprint density at radius 3 is 2.65 bits per heavy atom. The van der Waals surface area contributed by atoms with Crippen LogP contribution in [0.5, 0.6) is 0 Å². The number of ether oxygens (including phenoxy) is 1. The molecule has 0 radical (unpaired) electrons. The van der Waals surface area contributed by atoms with E-state index < -0.39 is 0 Å². The number of esters is 1. The minimum absolute atomic E-state index is 0. The molecule has 0 amide bonds. The number of halogens is 1. The van der Waals surface area contributed by atoms with Crippen LogP contribution in [0.3, 0.4) is 0 Å². The van der Waals surface area contributed by atoms with E-state index in [0.29, 0.717) is 23.6 Å². The molecule has 0 spiro atoms. The van der Waals surface area contributed by atoms with Gasteiger partial charge in [0.25, 0.3) is 0 Å². The molecule has 0 saturated heterocycles. The summed E-state index contributed by atoms with van der Waals surface area (Å²) in [5, 5.41) is 4.15. The van der Waals surface area contributed by atoms with Gasteiger partial charge in [0, 0.05) is 11.1 Å². The number of nitrogens with zero attached hydrogens (tertiary/aromatic N) is 2. The van der Waals surface area contributed by atoms with E-state index in [4.69, 9.17) is 9.15 Å². The Kier molecular flexibility index (Phi) is 5.04. The number of aromatic nitrogens is 2. The van der Waals surface area contributed by atoms with E-state index in [2.05, 4.69) is 15.3 Å². The van der Waals surface area contributed by atoms with E-state index in [9.17, 15) is 4.79 Å². The van der Waals surface area contributed by atoms with Crippen LogP contribution < -0.4 is 5.32 Å². The molecule has 132 valence electrons. The lowest BCUT2D eigenvalue weighted by Gasteiger charge is -2.06. The number of furan rings is 1. The highest BCUT2D eigenvalue weighted by molar-refractivity contribution is 6.05. The first-order valence-electron chi connectivity index (χ1n) is 7.92. The number of carbonyl (C=O) groups excluding carboxylic acids is 1. The normalized spacial score (nSPS) is 10.5. The molecule has 0 aliphatic carbocycles. The largest absolute Gasteiger partial charge is 0.462 e. The first-order chi connectivity index (χ1) is 12.3. The van der Waals surface area contributed by atoms with Gasteiger partial charge >= 0.3 is 5.97 Å². The van der Waals surface area contributed by atoms with Crippen molar-refractivity contribution >= 4 is 52.0 Å². The molecule has 2 aromatic carbocycles. The Labute approximate surface area is 155 Å². The number of anilines is 2. The molecule has 7 heteroatoms. The third kappa shape index (κ3) is 3.19. The lowest BCUT2D eigenvalue weighted by molar-refractivity contribution is 0.0526. The molecule has 0 aliphatic heterocycles. The molecule has 2 aromatic heterocycles. The molecule has 0 aliphatic rings. The van der Waals surface area contributed by atoms with Crippen LogP contribution >= 0.6 is 12.4 Å². The fourth-order valence-corrected chi connectivity index (χ4v) is 2.65. The number of rotatable bonds is 4. The fourth-order valence-electron chi connectivity index (χ4n) is 2.65. The van der Waals surface area contributed by atoms with Gasteiger partial charge in [0.1, 0.15) is 17.4 Å². The minimum atomic E-state index is -0.337. The molecule has 0 atom stereocenters. The zero-order valence-electron chi connectivity index (χ0n) is 13.9. The van der Waals surface area contributed by atoms with E-state index >= 15 is 0 Å². The van der Waals surface area contributed by atoms with Crippen LogP contribution in [0.2, 0.25) is 0 Å². The van der Waals surface area contributed by atoms with Crippen molar-refractivity contribution in [3.8, 4) is 0 Å². The number of hydrogen-bond donors (Lipinski definition) is 1. The van der Waals surface area contributed by atoms with E-state index in [1.165, 1.54) is 6.33 Å². The highest BCUT2D eigenvalue weighted by Gasteiger charge is 2.13. The van der Waals surface area contributed by atoms with Gasteiger partial charge in [0.15, 0.2) is 11.4 Å². The third-order valence-corrected chi connectivity index (χ3v) is 3.82. The number of nitrogens with one attached hydrogen (secondary N) is 1. The van der Waals surface area contributed by atoms with Crippen LogP contribution in [0, 0.1) is 0 Å². The smallest absolute Gasteiger partial charge is 0.338 e. The molecule has 26 heavy (non-hydrogen) atoms. The van der Waals surface area contributed by atoms with Gasteiger partial charge in [-0.25, -0.2) is 14.8 Å². The summed E-state index contributed by atoms with van der Waals surface area (Å²) >= 11 is 0. The summed E-state index contributed by atoms with van der Waals surface area (Å²) in [5.41, 5.74) is 3.41. The Hall–Kier alpha value is -3.12. The van der Waals surface area contributed by atoms with Crippen LogP contribution in [-0.4, -0.2) is 22.5 Å². The standard InChI is InChI=1S/C19H15N3O3.ClH/c1-2-24-19(23)12-7-9-13(10-8-12)22-18-17-16(20-11-21-18)14-5-3-4-6-15(14)25-17;/h3-11H,2H2,1H3,(H,20,21,22);1H. The average molecular weight is 370 g/mol. The molecular weight excluding hydrogens is 354 g/mol. The zero-order valence-corrected chi connectivity index (χ0v) is 14.7. The molecule has 6 nitrogen and oxygen atoms in total. The van der Waals surface area contributed by atoms with Crippen molar-refractivity contribution in [2.45, 2.75) is 6.92 Å². The molecule has 0 saturated carbocycles. The summed E-state index contributed by atoms with van der Waals surface area (Å²) in [6.45, 7) is 2.13. The molecular formula is C19H16ClN3O3. The second-order valence-electron chi connectivity index (χ2n) is 5.42. The summed E-state index contributed by atoms with van der Waals surface area (Å²) < 4.78 is 10.9. The van der Waals surface area contributed by atoms with E-state index in [0.717, 1.165) is 22.2 Å². The van der Waals surface area contributed by atoms with Crippen molar-refractivity contribution in [1.82, 2.24) is 9.97 Å². The molecule has 0 bridgehead atoms. The van der Waals surface area contributed by atoms with Crippen molar-refractivity contribution < 1.29 is 13.9 Å². The lowest BCUT2D eigenvalue weighted by atomic mass is 10.2. The predicted octanol–water partition coefficient (Wildman–Crippen LogP) is 4.72. The minimum Gasteiger partial charge on any atom is -0.462 e. The van der Waals surface area contributed by atoms with Crippen molar-refractivity contribution in [2.24, 2.45) is 0 Å². The first-order valence-corrected chi connectivity index (χ1v) is 7.92. The number of benzene rings is 2. The summed E-state index contributed by atoms with van der Waals surface area (Å²) in [7, 11) is 0. The fraction of sp³-hybridized carbons (Fsp3) is 0.105. The average Bonchev–Trinajstić information content (AvgIpc) is 3.02. The van der Waals surface area contributed by atoms with Crippen molar-refractivity contribution in [1.29, 1.82) is 0 Å². The maximum atomic E-state index is 11.7. The van der Waals surface area contributed by atoms with Crippen molar-refractivity contribution in [3.63, 3.8) is 0 Å². The first kappa shape index (κ1) is 17.7. The topological polar surface area (TPSA) is 77.2 Å². The van der Waals surface area contributed by atoms with E-state index in [1.807, 2.05) is 24.3 Å². The van der Waals surface area contributed by atoms with Gasteiger partial charge in [-0.05, 0) is 43.3 Å². The van der Waals surface area contributed by atoms with Crippen LogP contribution in [0.4, 0.5) is 11.5 Å². The summed E-state index contributed by atoms with van der Waals surface area (Å²) in [5.74, 6) is 0.237. The Balaban J connectivity index is 0.00000196. The van der Waals surface area contributed by atoms with Gasteiger partial charge in [-0.3, -0.25) is 0 Å². The Bertz CT molecular complexity index is 1060. The van der Waals surface area contributed by atoms with Gasteiger partial charge in [0.2, 0.25) is 0 Å². The number of hydrogen-bond acceptors (Lipinski definition) is 6. The van der Waals surface area contributed by atoms with Gasteiger partial charge in [0.05, 0.1) is 12.2 Å². The summed E-state index contributed by atoms with van der Waals surface area (Å²) in [4.78, 5) is 20.3. The van der Waals surface area contributed by atoms with Crippen molar-refractivity contribution in [2.75, 3.05) is 11.9 Å². The molecule has 1 N–H and O–H groups in total. The molecule has 0 fully saturated rings. The maximum absolute atomic E-state index is 11.7. The highest BCUT2D eigenvalue weighted by Crippen LogP contribution is 2.31. The monoisotopic (exact) mass is 369 g/mol. The lowest BCUT2D eigenvalue weighted by Crippen LogP contribution is -2.04. The Morgan fingerprint density at radius 2 is 1.88 bits per heavy atom. The van der Waals surface area contributed by atoms with Gasteiger partial charge < -0.3 is 14.5 Å². The van der Waals surface area contributed by atoms with E-state index in [-0.39, 0.29) is 18.4 Å². The quantitative estimate of drug-likeness (QED) is 0.524. The number of carbonyl (C=O) groups is 1. The van der Waals surface area contributed by atoms with Gasteiger partial charge in [-0.2, -0.15) is 0 Å². The number of fused-ring (bicyclic) bond motifs is 3. The zero-order chi connectivity index (χ0) is 17.2. The SMILES string of the molecule is CCOC(=O)c1ccc(Nc2ncnc3c2oc2ccccc23)cc1.Cl. The van der Waals surface area contributed by atoms with Crippen LogP contribution in [0.1, 0.15) is 17.3 Å². The number of para-hydroxylation sites is 1. The van der Waals surface area contributed by atoms with E-state index in [1.54, 1.807) is 31.2 Å². The molecule has 0 unspecified atom stereocenters. The van der Waals surface area contributed by atoms with Gasteiger partial charge in [-0.15, -0.1) is 12.4 Å². The van der Waals surface area contributed by atoms with Crippen LogP contribution in [0.25, 0.3) is 22.1 Å². The van der Waals surface area contributed by atoms with Crippen LogP contribution in [0.15, 0.2) is 59.3 Å². The summed E-state index contributed by atoms with van der Waals surface area (Å²) in [6.07, 6.45) is 1.50. The van der Waals surface area contributed by atoms with Gasteiger partial charge in [-0.1, -0.05) is 12.1 Å².